The minimum Gasteiger partial charge on any atom is -0.326 e. The van der Waals surface area contributed by atoms with Crippen LogP contribution in [0.15, 0.2) is 24.3 Å². The molecule has 1 rings (SSSR count). The molecule has 2 nitrogen and oxygen atoms in total. The van der Waals surface area contributed by atoms with Gasteiger partial charge in [0.05, 0.1) is 0 Å². The van der Waals surface area contributed by atoms with Gasteiger partial charge in [-0.3, -0.25) is 4.79 Å². The third kappa shape index (κ3) is 3.51. The molecule has 0 aliphatic heterocycles. The van der Waals surface area contributed by atoms with Crippen LogP contribution in [0.4, 0.5) is 5.69 Å². The van der Waals surface area contributed by atoms with Crippen LogP contribution in [-0.4, -0.2) is 5.91 Å². The van der Waals surface area contributed by atoms with Crippen molar-refractivity contribution >= 4 is 23.2 Å². The first kappa shape index (κ1) is 10.6. The second-order valence-electron chi connectivity index (χ2n) is 2.76. The third-order valence-electron chi connectivity index (χ3n) is 1.60. The highest BCUT2D eigenvalue weighted by Gasteiger charge is 2.00. The number of hydrogen-bond donors (Lipinski definition) is 1. The number of halogens is 1. The van der Waals surface area contributed by atoms with Crippen LogP contribution < -0.4 is 5.32 Å². The number of anilines is 1. The standard InChI is InChI=1S/C11H10ClNO/c1-2-3-7-11(14)13-10-6-4-5-9(12)8-10/h1,4-6,8H,3,7H2,(H,13,14). The zero-order chi connectivity index (χ0) is 10.4. The zero-order valence-corrected chi connectivity index (χ0v) is 8.34. The van der Waals surface area contributed by atoms with E-state index < -0.39 is 0 Å². The zero-order valence-electron chi connectivity index (χ0n) is 7.59. The Morgan fingerprint density at radius 1 is 1.57 bits per heavy atom. The van der Waals surface area contributed by atoms with Gasteiger partial charge >= 0.3 is 0 Å². The third-order valence-corrected chi connectivity index (χ3v) is 1.84. The molecule has 14 heavy (non-hydrogen) atoms. The van der Waals surface area contributed by atoms with Crippen LogP contribution in [0.3, 0.4) is 0 Å². The number of carbonyl (C=O) groups is 1. The van der Waals surface area contributed by atoms with Crippen molar-refractivity contribution in [2.45, 2.75) is 12.8 Å². The minimum atomic E-state index is -0.0924. The van der Waals surface area contributed by atoms with Gasteiger partial charge in [-0.2, -0.15) is 0 Å². The van der Waals surface area contributed by atoms with E-state index in [2.05, 4.69) is 11.2 Å². The molecule has 3 heteroatoms. The van der Waals surface area contributed by atoms with E-state index in [4.69, 9.17) is 18.0 Å². The fourth-order valence-corrected chi connectivity index (χ4v) is 1.17. The van der Waals surface area contributed by atoms with Crippen LogP contribution in [0.2, 0.25) is 5.02 Å². The maximum Gasteiger partial charge on any atom is 0.225 e. The fourth-order valence-electron chi connectivity index (χ4n) is 0.975. The van der Waals surface area contributed by atoms with Crippen LogP contribution in [0, 0.1) is 12.3 Å². The Hall–Kier alpha value is -1.46. The van der Waals surface area contributed by atoms with Crippen molar-refractivity contribution in [1.29, 1.82) is 0 Å². The summed E-state index contributed by atoms with van der Waals surface area (Å²) < 4.78 is 0. The number of terminal acetylenes is 1. The lowest BCUT2D eigenvalue weighted by Crippen LogP contribution is -2.10. The molecule has 1 aromatic rings. The number of benzene rings is 1. The van der Waals surface area contributed by atoms with Gasteiger partial charge in [0.1, 0.15) is 0 Å². The van der Waals surface area contributed by atoms with Crippen molar-refractivity contribution in [2.24, 2.45) is 0 Å². The first-order valence-electron chi connectivity index (χ1n) is 4.21. The average molecular weight is 208 g/mol. The summed E-state index contributed by atoms with van der Waals surface area (Å²) in [6.07, 6.45) is 5.83. The largest absolute Gasteiger partial charge is 0.326 e. The predicted octanol–water partition coefficient (Wildman–Crippen LogP) is 2.69. The van der Waals surface area contributed by atoms with E-state index in [0.717, 1.165) is 0 Å². The van der Waals surface area contributed by atoms with Crippen molar-refractivity contribution < 1.29 is 4.79 Å². The molecule has 0 aliphatic carbocycles. The van der Waals surface area contributed by atoms with Gasteiger partial charge in [0.25, 0.3) is 0 Å². The normalized spacial score (nSPS) is 9.14. The van der Waals surface area contributed by atoms with Crippen molar-refractivity contribution in [2.75, 3.05) is 5.32 Å². The highest BCUT2D eigenvalue weighted by Crippen LogP contribution is 2.14. The predicted molar refractivity (Wildman–Crippen MR) is 58.1 cm³/mol. The molecule has 0 aliphatic rings. The van der Waals surface area contributed by atoms with Gasteiger partial charge in [0.15, 0.2) is 0 Å². The first-order chi connectivity index (χ1) is 6.72. The lowest BCUT2D eigenvalue weighted by atomic mass is 10.3. The summed E-state index contributed by atoms with van der Waals surface area (Å²) in [6.45, 7) is 0. The molecule has 1 amide bonds. The Kier molecular flexibility index (Phi) is 4.03. The number of rotatable bonds is 3. The van der Waals surface area contributed by atoms with Crippen molar-refractivity contribution in [3.05, 3.63) is 29.3 Å². The summed E-state index contributed by atoms with van der Waals surface area (Å²) >= 11 is 5.75. The summed E-state index contributed by atoms with van der Waals surface area (Å²) in [7, 11) is 0. The van der Waals surface area contributed by atoms with Gasteiger partial charge in [0, 0.05) is 23.6 Å². The molecule has 1 aromatic carbocycles. The molecule has 0 aromatic heterocycles. The molecule has 72 valence electrons. The summed E-state index contributed by atoms with van der Waals surface area (Å²) in [5, 5.41) is 3.30. The summed E-state index contributed by atoms with van der Waals surface area (Å²) in [4.78, 5) is 11.2. The van der Waals surface area contributed by atoms with Crippen LogP contribution in [0.5, 0.6) is 0 Å². The average Bonchev–Trinajstić information content (AvgIpc) is 2.15. The molecule has 0 heterocycles. The molecule has 0 atom stereocenters. The highest BCUT2D eigenvalue weighted by atomic mass is 35.5. The number of hydrogen-bond acceptors (Lipinski definition) is 1. The molecule has 0 saturated carbocycles. The number of nitrogens with one attached hydrogen (secondary N) is 1. The lowest BCUT2D eigenvalue weighted by molar-refractivity contribution is -0.116. The van der Waals surface area contributed by atoms with Gasteiger partial charge in [-0.25, -0.2) is 0 Å². The maximum atomic E-state index is 11.2. The number of carbonyl (C=O) groups excluding carboxylic acids is 1. The Balaban J connectivity index is 2.53. The highest BCUT2D eigenvalue weighted by molar-refractivity contribution is 6.30. The molecule has 1 N–H and O–H groups in total. The molecule has 0 fully saturated rings. The first-order valence-corrected chi connectivity index (χ1v) is 4.59. The van der Waals surface area contributed by atoms with Crippen molar-refractivity contribution in [1.82, 2.24) is 0 Å². The van der Waals surface area contributed by atoms with Gasteiger partial charge in [-0.15, -0.1) is 12.3 Å². The van der Waals surface area contributed by atoms with E-state index >= 15 is 0 Å². The van der Waals surface area contributed by atoms with Gasteiger partial charge in [-0.05, 0) is 18.2 Å². The van der Waals surface area contributed by atoms with Crippen LogP contribution >= 0.6 is 11.6 Å². The molecular weight excluding hydrogens is 198 g/mol. The van der Waals surface area contributed by atoms with Crippen molar-refractivity contribution in [3.63, 3.8) is 0 Å². The summed E-state index contributed by atoms with van der Waals surface area (Å²) in [6, 6.07) is 6.99. The summed E-state index contributed by atoms with van der Waals surface area (Å²) in [5.41, 5.74) is 0.694. The lowest BCUT2D eigenvalue weighted by Gasteiger charge is -2.03. The molecule has 0 saturated heterocycles. The van der Waals surface area contributed by atoms with Gasteiger partial charge in [0.2, 0.25) is 5.91 Å². The van der Waals surface area contributed by atoms with Crippen molar-refractivity contribution in [3.8, 4) is 12.3 Å². The molecule has 0 bridgehead atoms. The maximum absolute atomic E-state index is 11.2. The monoisotopic (exact) mass is 207 g/mol. The second kappa shape index (κ2) is 5.31. The topological polar surface area (TPSA) is 29.1 Å². The second-order valence-corrected chi connectivity index (χ2v) is 3.20. The molecule has 0 radical (unpaired) electrons. The van der Waals surface area contributed by atoms with E-state index in [-0.39, 0.29) is 5.91 Å². The number of amides is 1. The van der Waals surface area contributed by atoms with Gasteiger partial charge < -0.3 is 5.32 Å². The molecule has 0 unspecified atom stereocenters. The quantitative estimate of drug-likeness (QED) is 0.759. The van der Waals surface area contributed by atoms with E-state index in [1.165, 1.54) is 0 Å². The van der Waals surface area contributed by atoms with Crippen LogP contribution in [-0.2, 0) is 4.79 Å². The molecule has 0 spiro atoms. The van der Waals surface area contributed by atoms with Crippen LogP contribution in [0.25, 0.3) is 0 Å². The minimum absolute atomic E-state index is 0.0924. The van der Waals surface area contributed by atoms with Crippen LogP contribution in [0.1, 0.15) is 12.8 Å². The Morgan fingerprint density at radius 2 is 2.36 bits per heavy atom. The van der Waals surface area contributed by atoms with Gasteiger partial charge in [-0.1, -0.05) is 17.7 Å². The molecular formula is C11H10ClNO. The Morgan fingerprint density at radius 3 is 3.00 bits per heavy atom. The Labute approximate surface area is 88.3 Å². The summed E-state index contributed by atoms with van der Waals surface area (Å²) in [5.74, 6) is 2.32. The smallest absolute Gasteiger partial charge is 0.225 e. The van der Waals surface area contributed by atoms with E-state index in [9.17, 15) is 4.79 Å². The fraction of sp³-hybridized carbons (Fsp3) is 0.182. The van der Waals surface area contributed by atoms with E-state index in [0.29, 0.717) is 23.6 Å². The Bertz CT molecular complexity index is 368. The SMILES string of the molecule is C#CCCC(=O)Nc1cccc(Cl)c1. The van der Waals surface area contributed by atoms with E-state index in [1.54, 1.807) is 24.3 Å². The van der Waals surface area contributed by atoms with E-state index in [1.807, 2.05) is 0 Å².